The molecule has 1 aliphatic heterocycles. The van der Waals surface area contributed by atoms with Gasteiger partial charge in [0, 0.05) is 56.3 Å². The Bertz CT molecular complexity index is 1620. The molecule has 1 aliphatic rings. The van der Waals surface area contributed by atoms with Crippen LogP contribution in [0.15, 0.2) is 66.0 Å². The number of thiazole rings is 1. The van der Waals surface area contributed by atoms with Gasteiger partial charge < -0.3 is 33.5 Å². The zero-order valence-electron chi connectivity index (χ0n) is 27.9. The van der Waals surface area contributed by atoms with Crippen LogP contribution in [-0.2, 0) is 19.5 Å². The van der Waals surface area contributed by atoms with E-state index in [1.54, 1.807) is 28.4 Å². The molecule has 0 radical (unpaired) electrons. The van der Waals surface area contributed by atoms with Gasteiger partial charge in [0.1, 0.15) is 28.0 Å². The lowest BCUT2D eigenvalue weighted by molar-refractivity contribution is 0.0741. The van der Waals surface area contributed by atoms with Crippen LogP contribution in [0.1, 0.15) is 33.5 Å². The van der Waals surface area contributed by atoms with Crippen molar-refractivity contribution in [3.8, 4) is 28.7 Å². The zero-order chi connectivity index (χ0) is 33.2. The maximum absolute atomic E-state index is 13.5. The second-order valence-electron chi connectivity index (χ2n) is 11.1. The van der Waals surface area contributed by atoms with E-state index in [1.807, 2.05) is 65.7 Å². The Morgan fingerprint density at radius 3 is 2.32 bits per heavy atom. The van der Waals surface area contributed by atoms with Crippen molar-refractivity contribution < 1.29 is 28.5 Å². The van der Waals surface area contributed by atoms with E-state index in [-0.39, 0.29) is 5.91 Å². The molecule has 11 heteroatoms. The summed E-state index contributed by atoms with van der Waals surface area (Å²) in [6.07, 6.45) is 0.784. The van der Waals surface area contributed by atoms with Crippen LogP contribution in [-0.4, -0.2) is 88.5 Å². The molecule has 0 unspecified atom stereocenters. The molecule has 2 heterocycles. The number of nitrogens with zero attached hydrogens (tertiary/aromatic N) is 4. The van der Waals surface area contributed by atoms with E-state index in [1.165, 1.54) is 11.3 Å². The van der Waals surface area contributed by atoms with Crippen LogP contribution in [0.5, 0.6) is 28.7 Å². The summed E-state index contributed by atoms with van der Waals surface area (Å²) < 4.78 is 27.9. The molecule has 0 saturated carbocycles. The molecule has 1 fully saturated rings. The average Bonchev–Trinajstić information content (AvgIpc) is 3.59. The van der Waals surface area contributed by atoms with E-state index in [2.05, 4.69) is 21.9 Å². The molecule has 0 spiro atoms. The van der Waals surface area contributed by atoms with Gasteiger partial charge in [0.25, 0.3) is 5.91 Å². The lowest BCUT2D eigenvalue weighted by Crippen LogP contribution is -2.49. The number of piperazine rings is 1. The number of aromatic nitrogens is 1. The van der Waals surface area contributed by atoms with Gasteiger partial charge in [-0.3, -0.25) is 9.69 Å². The molecule has 1 amide bonds. The Hall–Kier alpha value is -4.48. The normalized spacial score (nSPS) is 13.1. The minimum absolute atomic E-state index is 0.0288. The van der Waals surface area contributed by atoms with Crippen LogP contribution >= 0.6 is 11.3 Å². The lowest BCUT2D eigenvalue weighted by atomic mass is 10.1. The number of rotatable bonds is 15. The summed E-state index contributed by atoms with van der Waals surface area (Å²) in [7, 11) is 6.60. The smallest absolute Gasteiger partial charge is 0.273 e. The Morgan fingerprint density at radius 2 is 1.60 bits per heavy atom. The first-order valence-corrected chi connectivity index (χ1v) is 16.7. The first kappa shape index (κ1) is 33.9. The molecule has 1 saturated heterocycles. The summed E-state index contributed by atoms with van der Waals surface area (Å²) in [6, 6.07) is 20.0. The molecule has 3 aromatic carbocycles. The van der Waals surface area contributed by atoms with Crippen LogP contribution < -0.4 is 28.6 Å². The van der Waals surface area contributed by atoms with Gasteiger partial charge in [0.2, 0.25) is 0 Å². The Morgan fingerprint density at radius 1 is 0.830 bits per heavy atom. The molecule has 0 atom stereocenters. The summed E-state index contributed by atoms with van der Waals surface area (Å²) in [5, 5.41) is 2.77. The minimum atomic E-state index is -0.0288. The number of amides is 1. The van der Waals surface area contributed by atoms with Gasteiger partial charge in [0.15, 0.2) is 11.5 Å². The van der Waals surface area contributed by atoms with Gasteiger partial charge in [-0.2, -0.15) is 0 Å². The average molecular weight is 661 g/mol. The third-order valence-electron chi connectivity index (χ3n) is 8.26. The molecule has 0 bridgehead atoms. The number of para-hydroxylation sites is 2. The predicted octanol–water partition coefficient (Wildman–Crippen LogP) is 5.78. The van der Waals surface area contributed by atoms with Crippen molar-refractivity contribution in [3.05, 3.63) is 87.9 Å². The van der Waals surface area contributed by atoms with Gasteiger partial charge in [0.05, 0.1) is 47.3 Å². The van der Waals surface area contributed by atoms with Crippen molar-refractivity contribution in [3.63, 3.8) is 0 Å². The summed E-state index contributed by atoms with van der Waals surface area (Å²) >= 11 is 1.52. The van der Waals surface area contributed by atoms with Crippen molar-refractivity contribution in [1.29, 1.82) is 0 Å². The maximum Gasteiger partial charge on any atom is 0.273 e. The number of benzene rings is 3. The second kappa shape index (κ2) is 16.4. The topological polar surface area (TPSA) is 85.8 Å². The molecule has 0 aliphatic carbocycles. The number of anilines is 1. The molecule has 47 heavy (non-hydrogen) atoms. The fraction of sp³-hybridized carbons (Fsp3) is 0.389. The van der Waals surface area contributed by atoms with Gasteiger partial charge in [-0.1, -0.05) is 24.3 Å². The van der Waals surface area contributed by atoms with Gasteiger partial charge in [-0.25, -0.2) is 4.98 Å². The fourth-order valence-corrected chi connectivity index (χ4v) is 6.55. The minimum Gasteiger partial charge on any atom is -0.497 e. The molecule has 4 aromatic rings. The third-order valence-corrected chi connectivity index (χ3v) is 9.09. The second-order valence-corrected chi connectivity index (χ2v) is 12.1. The number of hydrogen-bond acceptors (Lipinski definition) is 10. The fourth-order valence-electron chi connectivity index (χ4n) is 5.74. The van der Waals surface area contributed by atoms with Crippen molar-refractivity contribution in [2.75, 3.05) is 72.7 Å². The summed E-state index contributed by atoms with van der Waals surface area (Å²) in [5.41, 5.74) is 3.73. The maximum atomic E-state index is 13.5. The monoisotopic (exact) mass is 660 g/mol. The highest BCUT2D eigenvalue weighted by molar-refractivity contribution is 7.09. The molecule has 5 rings (SSSR count). The van der Waals surface area contributed by atoms with Crippen molar-refractivity contribution >= 4 is 22.9 Å². The first-order chi connectivity index (χ1) is 23.0. The van der Waals surface area contributed by atoms with E-state index in [0.29, 0.717) is 50.0 Å². The standard InChI is InChI=1S/C36H44N4O6S/c1-6-46-31-10-8-7-9-30(31)39-17-19-40(20-18-39)36(41)29-25-47-35(37-29)24-38(23-27-12-13-28(42-2)22-33(27)44-4)16-15-26-11-14-32(43-3)34(21-26)45-5/h7-14,21-22,25H,6,15-20,23-24H2,1-5H3. The van der Waals surface area contributed by atoms with Crippen LogP contribution in [0.4, 0.5) is 5.69 Å². The molecule has 0 N–H and O–H groups in total. The largest absolute Gasteiger partial charge is 0.497 e. The van der Waals surface area contributed by atoms with Crippen molar-refractivity contribution in [1.82, 2.24) is 14.8 Å². The Balaban J connectivity index is 1.27. The number of hydrogen-bond donors (Lipinski definition) is 0. The van der Waals surface area contributed by atoms with Gasteiger partial charge >= 0.3 is 0 Å². The lowest BCUT2D eigenvalue weighted by Gasteiger charge is -2.36. The Labute approximate surface area is 281 Å². The van der Waals surface area contributed by atoms with Gasteiger partial charge in [-0.15, -0.1) is 11.3 Å². The van der Waals surface area contributed by atoms with E-state index in [0.717, 1.165) is 65.1 Å². The molecule has 10 nitrogen and oxygen atoms in total. The van der Waals surface area contributed by atoms with Crippen LogP contribution in [0, 0.1) is 0 Å². The first-order valence-electron chi connectivity index (χ1n) is 15.8. The van der Waals surface area contributed by atoms with Gasteiger partial charge in [-0.05, 0) is 49.2 Å². The van der Waals surface area contributed by atoms with E-state index >= 15 is 0 Å². The molecule has 1 aromatic heterocycles. The quantitative estimate of drug-likeness (QED) is 0.158. The summed E-state index contributed by atoms with van der Waals surface area (Å²) in [4.78, 5) is 24.9. The predicted molar refractivity (Wildman–Crippen MR) is 185 cm³/mol. The highest BCUT2D eigenvalue weighted by atomic mass is 32.1. The van der Waals surface area contributed by atoms with Crippen molar-refractivity contribution in [2.45, 2.75) is 26.4 Å². The van der Waals surface area contributed by atoms with Crippen LogP contribution in [0.3, 0.4) is 0 Å². The molecule has 250 valence electrons. The van der Waals surface area contributed by atoms with E-state index in [9.17, 15) is 4.79 Å². The van der Waals surface area contributed by atoms with Crippen LogP contribution in [0.25, 0.3) is 0 Å². The molecular weight excluding hydrogens is 616 g/mol. The third kappa shape index (κ3) is 8.47. The summed E-state index contributed by atoms with van der Waals surface area (Å²) in [5.74, 6) is 3.76. The Kier molecular flexibility index (Phi) is 11.8. The number of ether oxygens (including phenoxy) is 5. The zero-order valence-corrected chi connectivity index (χ0v) is 28.7. The molecular formula is C36H44N4O6S. The SMILES string of the molecule is CCOc1ccccc1N1CCN(C(=O)c2csc(CN(CCc3ccc(OC)c(OC)c3)Cc3ccc(OC)cc3OC)n2)CC1. The van der Waals surface area contributed by atoms with E-state index in [4.69, 9.17) is 28.7 Å². The highest BCUT2D eigenvalue weighted by Gasteiger charge is 2.26. The number of carbonyl (C=O) groups excluding carboxylic acids is 1. The van der Waals surface area contributed by atoms with E-state index < -0.39 is 0 Å². The number of carbonyl (C=O) groups is 1. The highest BCUT2D eigenvalue weighted by Crippen LogP contribution is 2.31. The van der Waals surface area contributed by atoms with Crippen molar-refractivity contribution in [2.24, 2.45) is 0 Å². The summed E-state index contributed by atoms with van der Waals surface area (Å²) in [6.45, 7) is 7.30. The number of methoxy groups -OCH3 is 4. The van der Waals surface area contributed by atoms with Crippen LogP contribution in [0.2, 0.25) is 0 Å².